The van der Waals surface area contributed by atoms with E-state index < -0.39 is 8.32 Å². The van der Waals surface area contributed by atoms with Crippen LogP contribution in [-0.2, 0) is 4.43 Å². The molecule has 0 radical (unpaired) electrons. The highest BCUT2D eigenvalue weighted by molar-refractivity contribution is 6.73. The highest BCUT2D eigenvalue weighted by Crippen LogP contribution is 2.59. The van der Waals surface area contributed by atoms with E-state index in [1.54, 1.807) is 0 Å². The molecule has 0 saturated heterocycles. The lowest BCUT2D eigenvalue weighted by atomic mass is 9.62. The van der Waals surface area contributed by atoms with Crippen LogP contribution in [0.25, 0.3) is 0 Å². The lowest BCUT2D eigenvalue weighted by Crippen LogP contribution is -2.48. The summed E-state index contributed by atoms with van der Waals surface area (Å²) < 4.78 is 7.05. The van der Waals surface area contributed by atoms with E-state index in [-0.39, 0.29) is 6.10 Å². The Hall–Kier alpha value is -0.123. The van der Waals surface area contributed by atoms with Crippen LogP contribution in [-0.4, -0.2) is 25.6 Å². The van der Waals surface area contributed by atoms with E-state index in [4.69, 9.17) is 4.43 Å². The number of fused-ring (bicyclic) bond motifs is 1. The van der Waals surface area contributed by atoms with Crippen LogP contribution >= 0.6 is 0 Å². The van der Waals surface area contributed by atoms with Crippen LogP contribution in [0.2, 0.25) is 18.1 Å². The topological polar surface area (TPSA) is 29.5 Å². The third kappa shape index (κ3) is 4.40. The lowest BCUT2D eigenvalue weighted by Gasteiger charge is -2.48. The molecule has 5 unspecified atom stereocenters. The van der Waals surface area contributed by atoms with Gasteiger partial charge in [-0.05, 0) is 85.7 Å². The molecule has 0 aromatic rings. The maximum absolute atomic E-state index is 10.2. The molecule has 3 aliphatic rings. The zero-order chi connectivity index (χ0) is 19.7. The van der Waals surface area contributed by atoms with Gasteiger partial charge in [-0.3, -0.25) is 0 Å². The van der Waals surface area contributed by atoms with Crippen molar-refractivity contribution in [3.8, 4) is 0 Å². The van der Waals surface area contributed by atoms with Crippen molar-refractivity contribution in [1.29, 1.82) is 0 Å². The Bertz CT molecular complexity index is 502. The fourth-order valence-electron chi connectivity index (χ4n) is 6.50. The van der Waals surface area contributed by atoms with Gasteiger partial charge in [0.25, 0.3) is 0 Å². The van der Waals surface area contributed by atoms with Gasteiger partial charge >= 0.3 is 0 Å². The highest BCUT2D eigenvalue weighted by Gasteiger charge is 2.53. The van der Waals surface area contributed by atoms with Crippen LogP contribution in [0.4, 0.5) is 0 Å². The molecule has 2 nitrogen and oxygen atoms in total. The second-order valence-electron chi connectivity index (χ2n) is 10.2. The number of hydrogen-bond acceptors (Lipinski definition) is 2. The van der Waals surface area contributed by atoms with Gasteiger partial charge in [-0.25, -0.2) is 0 Å². The van der Waals surface area contributed by atoms with Crippen molar-refractivity contribution < 1.29 is 9.53 Å². The summed E-state index contributed by atoms with van der Waals surface area (Å²) in [5.41, 5.74) is 0.423. The van der Waals surface area contributed by atoms with Crippen LogP contribution in [0.5, 0.6) is 0 Å². The molecular formula is C24H44O2Si. The van der Waals surface area contributed by atoms with Crippen LogP contribution < -0.4 is 0 Å². The molecule has 0 aromatic heterocycles. The monoisotopic (exact) mass is 392 g/mol. The van der Waals surface area contributed by atoms with Gasteiger partial charge < -0.3 is 9.53 Å². The zero-order valence-corrected chi connectivity index (χ0v) is 19.5. The molecule has 3 fully saturated rings. The molecule has 3 heteroatoms. The Morgan fingerprint density at radius 3 is 2.30 bits per heavy atom. The third-order valence-electron chi connectivity index (χ3n) is 8.82. The molecule has 0 aliphatic heterocycles. The van der Waals surface area contributed by atoms with Gasteiger partial charge in [0.05, 0.1) is 6.10 Å². The van der Waals surface area contributed by atoms with E-state index in [1.165, 1.54) is 63.1 Å². The molecule has 27 heavy (non-hydrogen) atoms. The van der Waals surface area contributed by atoms with E-state index in [0.717, 1.165) is 11.8 Å². The zero-order valence-electron chi connectivity index (χ0n) is 18.5. The summed E-state index contributed by atoms with van der Waals surface area (Å²) >= 11 is 0. The fraction of sp³-hybridized carbons (Fsp3) is 0.917. The Morgan fingerprint density at radius 2 is 1.70 bits per heavy atom. The molecular weight excluding hydrogens is 348 g/mol. The van der Waals surface area contributed by atoms with E-state index in [9.17, 15) is 5.11 Å². The van der Waals surface area contributed by atoms with E-state index in [2.05, 4.69) is 46.8 Å². The van der Waals surface area contributed by atoms with Gasteiger partial charge in [0.15, 0.2) is 8.32 Å². The van der Waals surface area contributed by atoms with E-state index >= 15 is 0 Å². The largest absolute Gasteiger partial charge is 0.414 e. The van der Waals surface area contributed by atoms with Crippen molar-refractivity contribution in [2.24, 2.45) is 29.1 Å². The molecule has 3 rings (SSSR count). The number of rotatable bonds is 9. The van der Waals surface area contributed by atoms with Crippen LogP contribution in [0.15, 0.2) is 12.2 Å². The Morgan fingerprint density at radius 1 is 1.04 bits per heavy atom. The van der Waals surface area contributed by atoms with E-state index in [1.807, 2.05) is 0 Å². The van der Waals surface area contributed by atoms with Gasteiger partial charge in [0.1, 0.15) is 0 Å². The minimum absolute atomic E-state index is 0.204. The van der Waals surface area contributed by atoms with Crippen molar-refractivity contribution in [2.45, 2.75) is 110 Å². The predicted molar refractivity (Wildman–Crippen MR) is 117 cm³/mol. The van der Waals surface area contributed by atoms with Crippen molar-refractivity contribution in [3.63, 3.8) is 0 Å². The molecule has 0 aromatic carbocycles. The molecule has 0 heterocycles. The molecule has 156 valence electrons. The molecule has 0 spiro atoms. The first-order valence-corrected chi connectivity index (χ1v) is 14.5. The Labute approximate surface area is 169 Å². The average molecular weight is 393 g/mol. The van der Waals surface area contributed by atoms with Crippen molar-refractivity contribution in [1.82, 2.24) is 0 Å². The smallest absolute Gasteiger partial charge is 0.192 e. The first kappa shape index (κ1) is 21.6. The average Bonchev–Trinajstić information content (AvgIpc) is 3.46. The molecule has 0 bridgehead atoms. The maximum atomic E-state index is 10.2. The van der Waals surface area contributed by atoms with Gasteiger partial charge in [0, 0.05) is 6.10 Å². The minimum Gasteiger partial charge on any atom is -0.414 e. The quantitative estimate of drug-likeness (QED) is 0.356. The summed E-state index contributed by atoms with van der Waals surface area (Å²) in [7, 11) is -1.53. The number of aliphatic hydroxyl groups excluding tert-OH is 1. The fourth-order valence-corrected chi connectivity index (χ4v) is 9.43. The molecule has 3 saturated carbocycles. The van der Waals surface area contributed by atoms with Gasteiger partial charge in [-0.2, -0.15) is 0 Å². The van der Waals surface area contributed by atoms with Gasteiger partial charge in [-0.1, -0.05) is 53.2 Å². The maximum Gasteiger partial charge on any atom is 0.192 e. The second kappa shape index (κ2) is 8.71. The Balaban J connectivity index is 1.69. The van der Waals surface area contributed by atoms with E-state index in [0.29, 0.717) is 23.4 Å². The summed E-state index contributed by atoms with van der Waals surface area (Å²) in [4.78, 5) is 0. The minimum atomic E-state index is -1.53. The normalized spacial score (nSPS) is 36.7. The van der Waals surface area contributed by atoms with Crippen LogP contribution in [0.3, 0.4) is 0 Å². The summed E-state index contributed by atoms with van der Waals surface area (Å²) in [5, 5.41) is 10.2. The molecule has 3 aliphatic carbocycles. The van der Waals surface area contributed by atoms with Crippen molar-refractivity contribution >= 4 is 8.32 Å². The first-order chi connectivity index (χ1) is 12.9. The van der Waals surface area contributed by atoms with Crippen molar-refractivity contribution in [2.75, 3.05) is 0 Å². The van der Waals surface area contributed by atoms with Gasteiger partial charge in [0.2, 0.25) is 0 Å². The highest BCUT2D eigenvalue weighted by atomic mass is 28.4. The van der Waals surface area contributed by atoms with Crippen molar-refractivity contribution in [3.05, 3.63) is 12.2 Å². The third-order valence-corrected chi connectivity index (χ3v) is 13.5. The summed E-state index contributed by atoms with van der Waals surface area (Å²) in [6, 6.07) is 3.80. The van der Waals surface area contributed by atoms with Crippen LogP contribution in [0.1, 0.15) is 79.6 Å². The molecule has 6 atom stereocenters. The lowest BCUT2D eigenvalue weighted by molar-refractivity contribution is -0.0153. The second-order valence-corrected chi connectivity index (χ2v) is 14.9. The summed E-state index contributed by atoms with van der Waals surface area (Å²) in [6.45, 7) is 12.0. The molecule has 1 N–H and O–H groups in total. The first-order valence-electron chi connectivity index (χ1n) is 11.9. The number of hydrogen-bond donors (Lipinski definition) is 1. The molecule has 0 amide bonds. The standard InChI is InChI=1S/C24H44O2Si/c1-6-27(7-2,8-3)26-23-10-9-17-24(5)20(14-15-21(23)24)18(4)11-16-22(25)19-12-13-19/h11,16,18-23,25H,6-10,12-15,17H2,1-5H3/t18?,20?,21?,22-,23?,24?/m1/s1. The Kier molecular flexibility index (Phi) is 6.96. The van der Waals surface area contributed by atoms with Gasteiger partial charge in [-0.15, -0.1) is 0 Å². The van der Waals surface area contributed by atoms with Crippen LogP contribution in [0, 0.1) is 29.1 Å². The summed E-state index contributed by atoms with van der Waals surface area (Å²) in [5.74, 6) is 2.61. The SMILES string of the molecule is CC[Si](CC)(CC)OC1CCCC2(C)C(C(C)C=C[C@@H](O)C3CC3)CCC12. The number of allylic oxidation sites excluding steroid dienone is 1. The summed E-state index contributed by atoms with van der Waals surface area (Å²) in [6.07, 6.45) is 13.8. The predicted octanol–water partition coefficient (Wildman–Crippen LogP) is 6.56. The number of aliphatic hydroxyl groups is 1.